The Morgan fingerprint density at radius 2 is 2.00 bits per heavy atom. The maximum Gasteiger partial charge on any atom is 0.147 e. The molecule has 0 aliphatic rings. The van der Waals surface area contributed by atoms with E-state index in [4.69, 9.17) is 0 Å². The van der Waals surface area contributed by atoms with Crippen LogP contribution in [0.5, 0.6) is 0 Å². The average molecular weight is 325 g/mol. The zero-order valence-electron chi connectivity index (χ0n) is 13.8. The quantitative estimate of drug-likeness (QED) is 0.756. The number of hydrogen-bond acceptors (Lipinski definition) is 4. The van der Waals surface area contributed by atoms with Gasteiger partial charge in [0.2, 0.25) is 0 Å². The molecule has 0 amide bonds. The predicted molar refractivity (Wildman–Crippen MR) is 92.5 cm³/mol. The summed E-state index contributed by atoms with van der Waals surface area (Å²) in [5.74, 6) is 0.509. The van der Waals surface area contributed by atoms with Gasteiger partial charge in [0.15, 0.2) is 0 Å². The van der Waals surface area contributed by atoms with E-state index in [1.165, 1.54) is 11.6 Å². The van der Waals surface area contributed by atoms with Crippen LogP contribution < -0.4 is 5.32 Å². The minimum Gasteiger partial charge on any atom is -0.366 e. The molecule has 0 spiro atoms. The van der Waals surface area contributed by atoms with Crippen LogP contribution in [0.3, 0.4) is 0 Å². The Morgan fingerprint density at radius 3 is 2.71 bits per heavy atom. The van der Waals surface area contributed by atoms with Crippen molar-refractivity contribution >= 4 is 5.82 Å². The molecule has 0 saturated heterocycles. The third kappa shape index (κ3) is 3.97. The number of benzene rings is 1. The fourth-order valence-electron chi connectivity index (χ4n) is 2.50. The average Bonchev–Trinajstić information content (AvgIpc) is 3.07. The van der Waals surface area contributed by atoms with E-state index in [0.29, 0.717) is 12.2 Å². The third-order valence-corrected chi connectivity index (χ3v) is 3.59. The molecular formula is C18H20FN5. The molecule has 0 atom stereocenters. The van der Waals surface area contributed by atoms with E-state index in [2.05, 4.69) is 20.2 Å². The second-order valence-corrected chi connectivity index (χ2v) is 5.90. The maximum absolute atomic E-state index is 14.2. The molecule has 0 unspecified atom stereocenters. The summed E-state index contributed by atoms with van der Waals surface area (Å²) in [6.07, 6.45) is 6.71. The van der Waals surface area contributed by atoms with Crippen molar-refractivity contribution in [3.63, 3.8) is 0 Å². The summed E-state index contributed by atoms with van der Waals surface area (Å²) in [5, 5.41) is 3.24. The topological polar surface area (TPSA) is 46.0 Å². The highest BCUT2D eigenvalue weighted by Crippen LogP contribution is 2.16. The zero-order valence-corrected chi connectivity index (χ0v) is 13.8. The van der Waals surface area contributed by atoms with Gasteiger partial charge in [-0.05, 0) is 49.5 Å². The van der Waals surface area contributed by atoms with Crippen molar-refractivity contribution in [2.24, 2.45) is 0 Å². The first-order valence-corrected chi connectivity index (χ1v) is 7.72. The van der Waals surface area contributed by atoms with Gasteiger partial charge in [0, 0.05) is 31.7 Å². The fourth-order valence-corrected chi connectivity index (χ4v) is 2.50. The standard InChI is InChI=1S/C18H20FN5/c1-23(2)12-15-5-6-21-18(10-15)22-11-14-3-4-17(16(19)9-14)24-8-7-20-13-24/h3-10,13H,11-12H2,1-2H3,(H,21,22). The molecule has 2 heterocycles. The van der Waals surface area contributed by atoms with Gasteiger partial charge in [0.05, 0.1) is 12.0 Å². The summed E-state index contributed by atoms with van der Waals surface area (Å²) in [6.45, 7) is 1.37. The molecular weight excluding hydrogens is 305 g/mol. The van der Waals surface area contributed by atoms with Crippen molar-refractivity contribution < 1.29 is 4.39 Å². The summed E-state index contributed by atoms with van der Waals surface area (Å²) in [5.41, 5.74) is 2.53. The van der Waals surface area contributed by atoms with E-state index in [1.807, 2.05) is 32.3 Å². The molecule has 0 saturated carbocycles. The van der Waals surface area contributed by atoms with Crippen molar-refractivity contribution in [2.75, 3.05) is 19.4 Å². The SMILES string of the molecule is CN(C)Cc1ccnc(NCc2ccc(-n3ccnc3)c(F)c2)c1. The van der Waals surface area contributed by atoms with Crippen molar-refractivity contribution in [2.45, 2.75) is 13.1 Å². The van der Waals surface area contributed by atoms with Crippen LogP contribution in [-0.2, 0) is 13.1 Å². The highest BCUT2D eigenvalue weighted by atomic mass is 19.1. The molecule has 0 fully saturated rings. The van der Waals surface area contributed by atoms with E-state index in [0.717, 1.165) is 17.9 Å². The van der Waals surface area contributed by atoms with Crippen LogP contribution in [0.4, 0.5) is 10.2 Å². The minimum absolute atomic E-state index is 0.276. The first-order chi connectivity index (χ1) is 11.6. The Labute approximate surface area is 140 Å². The van der Waals surface area contributed by atoms with E-state index >= 15 is 0 Å². The van der Waals surface area contributed by atoms with Crippen LogP contribution >= 0.6 is 0 Å². The zero-order chi connectivity index (χ0) is 16.9. The number of aromatic nitrogens is 3. The van der Waals surface area contributed by atoms with Crippen molar-refractivity contribution in [3.8, 4) is 5.69 Å². The third-order valence-electron chi connectivity index (χ3n) is 3.59. The molecule has 0 bridgehead atoms. The molecule has 1 N–H and O–H groups in total. The van der Waals surface area contributed by atoms with Gasteiger partial charge < -0.3 is 14.8 Å². The number of pyridine rings is 1. The van der Waals surface area contributed by atoms with Gasteiger partial charge in [-0.25, -0.2) is 14.4 Å². The number of hydrogen-bond donors (Lipinski definition) is 1. The Morgan fingerprint density at radius 1 is 1.12 bits per heavy atom. The van der Waals surface area contributed by atoms with Crippen molar-refractivity contribution in [1.82, 2.24) is 19.4 Å². The minimum atomic E-state index is -0.276. The second kappa shape index (κ2) is 7.23. The van der Waals surface area contributed by atoms with Crippen LogP contribution in [0.15, 0.2) is 55.2 Å². The molecule has 2 aromatic heterocycles. The molecule has 0 radical (unpaired) electrons. The van der Waals surface area contributed by atoms with Gasteiger partial charge in [-0.15, -0.1) is 0 Å². The molecule has 124 valence electrons. The van der Waals surface area contributed by atoms with Gasteiger partial charge >= 0.3 is 0 Å². The number of nitrogens with one attached hydrogen (secondary N) is 1. The Bertz CT molecular complexity index is 799. The van der Waals surface area contributed by atoms with Crippen LogP contribution in [0.2, 0.25) is 0 Å². The number of halogens is 1. The lowest BCUT2D eigenvalue weighted by Gasteiger charge is -2.12. The monoisotopic (exact) mass is 325 g/mol. The number of rotatable bonds is 6. The van der Waals surface area contributed by atoms with Crippen LogP contribution in [-0.4, -0.2) is 33.5 Å². The lowest BCUT2D eigenvalue weighted by Crippen LogP contribution is -2.11. The van der Waals surface area contributed by atoms with Gasteiger partial charge in [-0.3, -0.25) is 0 Å². The first kappa shape index (κ1) is 16.1. The molecule has 5 nitrogen and oxygen atoms in total. The summed E-state index contributed by atoms with van der Waals surface area (Å²) in [7, 11) is 4.05. The Kier molecular flexibility index (Phi) is 4.86. The first-order valence-electron chi connectivity index (χ1n) is 7.72. The van der Waals surface area contributed by atoms with Crippen LogP contribution in [0.1, 0.15) is 11.1 Å². The van der Waals surface area contributed by atoms with Crippen LogP contribution in [0.25, 0.3) is 5.69 Å². The Balaban J connectivity index is 1.68. The summed E-state index contributed by atoms with van der Waals surface area (Å²) in [6, 6.07) is 9.19. The van der Waals surface area contributed by atoms with Crippen LogP contribution in [0, 0.1) is 5.82 Å². The molecule has 0 aliphatic heterocycles. The Hall–Kier alpha value is -2.73. The van der Waals surface area contributed by atoms with Gasteiger partial charge in [0.1, 0.15) is 11.6 Å². The van der Waals surface area contributed by atoms with E-state index < -0.39 is 0 Å². The highest BCUT2D eigenvalue weighted by molar-refractivity contribution is 5.41. The predicted octanol–water partition coefficient (Wildman–Crippen LogP) is 3.08. The molecule has 6 heteroatoms. The van der Waals surface area contributed by atoms with E-state index in [1.54, 1.807) is 35.6 Å². The van der Waals surface area contributed by atoms with Gasteiger partial charge in [-0.1, -0.05) is 6.07 Å². The number of imidazole rings is 1. The molecule has 1 aromatic carbocycles. The largest absolute Gasteiger partial charge is 0.366 e. The van der Waals surface area contributed by atoms with Gasteiger partial charge in [-0.2, -0.15) is 0 Å². The molecule has 3 aromatic rings. The smallest absolute Gasteiger partial charge is 0.147 e. The highest BCUT2D eigenvalue weighted by Gasteiger charge is 2.06. The van der Waals surface area contributed by atoms with Crippen molar-refractivity contribution in [1.29, 1.82) is 0 Å². The summed E-state index contributed by atoms with van der Waals surface area (Å²) >= 11 is 0. The molecule has 24 heavy (non-hydrogen) atoms. The van der Waals surface area contributed by atoms with E-state index in [9.17, 15) is 4.39 Å². The number of nitrogens with zero attached hydrogens (tertiary/aromatic N) is 4. The molecule has 0 aliphatic carbocycles. The summed E-state index contributed by atoms with van der Waals surface area (Å²) < 4.78 is 15.9. The van der Waals surface area contributed by atoms with E-state index in [-0.39, 0.29) is 5.82 Å². The number of anilines is 1. The van der Waals surface area contributed by atoms with Crippen molar-refractivity contribution in [3.05, 3.63) is 72.2 Å². The fraction of sp³-hybridized carbons (Fsp3) is 0.222. The molecule has 3 rings (SSSR count). The summed E-state index contributed by atoms with van der Waals surface area (Å²) in [4.78, 5) is 10.3. The lowest BCUT2D eigenvalue weighted by molar-refractivity contribution is 0.402. The van der Waals surface area contributed by atoms with Gasteiger partial charge in [0.25, 0.3) is 0 Å². The normalized spacial score (nSPS) is 11.0. The maximum atomic E-state index is 14.2. The lowest BCUT2D eigenvalue weighted by atomic mass is 10.2. The second-order valence-electron chi connectivity index (χ2n) is 5.90.